The number of nitrogens with one attached hydrogen (secondary N) is 2. The summed E-state index contributed by atoms with van der Waals surface area (Å²) in [7, 11) is 0. The zero-order valence-corrected chi connectivity index (χ0v) is 13.2. The Bertz CT molecular complexity index is 644. The Hall–Kier alpha value is -1.85. The Balaban J connectivity index is 1.66. The molecule has 1 aromatic heterocycles. The summed E-state index contributed by atoms with van der Waals surface area (Å²) in [4.78, 5) is 8.72. The van der Waals surface area contributed by atoms with Crippen molar-refractivity contribution in [3.05, 3.63) is 41.0 Å². The highest BCUT2D eigenvalue weighted by molar-refractivity contribution is 6.30. The minimum atomic E-state index is 0.279. The molecule has 2 heterocycles. The van der Waals surface area contributed by atoms with E-state index >= 15 is 0 Å². The second-order valence-corrected chi connectivity index (χ2v) is 5.80. The molecule has 116 valence electrons. The number of anilines is 3. The number of aryl methyl sites for hydroxylation is 1. The lowest BCUT2D eigenvalue weighted by Gasteiger charge is -2.12. The van der Waals surface area contributed by atoms with Gasteiger partial charge in [0, 0.05) is 30.1 Å². The van der Waals surface area contributed by atoms with Crippen molar-refractivity contribution in [2.45, 2.75) is 25.9 Å². The predicted octanol–water partition coefficient (Wildman–Crippen LogP) is 3.77. The van der Waals surface area contributed by atoms with Gasteiger partial charge in [-0.15, -0.1) is 0 Å². The van der Waals surface area contributed by atoms with Gasteiger partial charge < -0.3 is 15.4 Å². The van der Waals surface area contributed by atoms with Gasteiger partial charge in [-0.05, 0) is 43.5 Å². The lowest BCUT2D eigenvalue weighted by atomic mass is 10.2. The van der Waals surface area contributed by atoms with Gasteiger partial charge in [-0.3, -0.25) is 0 Å². The Kier molecular flexibility index (Phi) is 4.75. The maximum atomic E-state index is 6.03. The highest BCUT2D eigenvalue weighted by Gasteiger charge is 2.15. The lowest BCUT2D eigenvalue weighted by Crippen LogP contribution is -2.19. The minimum absolute atomic E-state index is 0.279. The first kappa shape index (κ1) is 15.1. The molecule has 2 aromatic rings. The largest absolute Gasteiger partial charge is 0.376 e. The molecule has 1 aliphatic rings. The summed E-state index contributed by atoms with van der Waals surface area (Å²) in [5, 5.41) is 7.18. The molecular weight excluding hydrogens is 300 g/mol. The second-order valence-electron chi connectivity index (χ2n) is 5.37. The number of ether oxygens (including phenoxy) is 1. The molecule has 2 N–H and O–H groups in total. The first-order chi connectivity index (χ1) is 10.7. The topological polar surface area (TPSA) is 59.1 Å². The fourth-order valence-corrected chi connectivity index (χ4v) is 2.56. The molecule has 0 amide bonds. The molecule has 5 nitrogen and oxygen atoms in total. The van der Waals surface area contributed by atoms with Crippen LogP contribution >= 0.6 is 11.6 Å². The quantitative estimate of drug-likeness (QED) is 0.878. The van der Waals surface area contributed by atoms with E-state index in [1.54, 1.807) is 6.20 Å². The van der Waals surface area contributed by atoms with Crippen LogP contribution in [0, 0.1) is 6.92 Å². The monoisotopic (exact) mass is 318 g/mol. The highest BCUT2D eigenvalue weighted by atomic mass is 35.5. The maximum Gasteiger partial charge on any atom is 0.229 e. The van der Waals surface area contributed by atoms with Gasteiger partial charge in [0.1, 0.15) is 5.82 Å². The number of nitrogens with zero attached hydrogens (tertiary/aromatic N) is 2. The minimum Gasteiger partial charge on any atom is -0.376 e. The number of aromatic nitrogens is 2. The van der Waals surface area contributed by atoms with Crippen molar-refractivity contribution in [1.29, 1.82) is 0 Å². The van der Waals surface area contributed by atoms with Crippen LogP contribution in [0.2, 0.25) is 5.02 Å². The van der Waals surface area contributed by atoms with Crippen LogP contribution in [0.25, 0.3) is 0 Å². The molecule has 0 radical (unpaired) electrons. The normalized spacial score (nSPS) is 17.5. The molecule has 1 atom stereocenters. The third-order valence-corrected chi connectivity index (χ3v) is 3.87. The van der Waals surface area contributed by atoms with Gasteiger partial charge in [-0.25, -0.2) is 4.98 Å². The molecule has 0 spiro atoms. The van der Waals surface area contributed by atoms with Gasteiger partial charge in [0.25, 0.3) is 0 Å². The van der Waals surface area contributed by atoms with Gasteiger partial charge >= 0.3 is 0 Å². The molecule has 0 saturated carbocycles. The predicted molar refractivity (Wildman–Crippen MR) is 89.0 cm³/mol. The van der Waals surface area contributed by atoms with Crippen molar-refractivity contribution in [2.24, 2.45) is 0 Å². The Morgan fingerprint density at radius 1 is 1.36 bits per heavy atom. The van der Waals surface area contributed by atoms with E-state index in [0.717, 1.165) is 43.1 Å². The van der Waals surface area contributed by atoms with E-state index in [9.17, 15) is 0 Å². The summed E-state index contributed by atoms with van der Waals surface area (Å²) in [6.45, 7) is 3.64. The fourth-order valence-electron chi connectivity index (χ4n) is 2.39. The van der Waals surface area contributed by atoms with Crippen LogP contribution in [-0.4, -0.2) is 29.2 Å². The van der Waals surface area contributed by atoms with E-state index in [1.165, 1.54) is 0 Å². The molecular formula is C16H19ClN4O. The molecule has 1 aliphatic heterocycles. The van der Waals surface area contributed by atoms with Crippen molar-refractivity contribution in [1.82, 2.24) is 9.97 Å². The SMILES string of the molecule is Cc1ccc(Cl)cc1Nc1nccc(NCC2CCCO2)n1. The average molecular weight is 319 g/mol. The molecule has 0 bridgehead atoms. The van der Waals surface area contributed by atoms with Crippen molar-refractivity contribution in [3.8, 4) is 0 Å². The third-order valence-electron chi connectivity index (χ3n) is 3.64. The Morgan fingerprint density at radius 2 is 2.27 bits per heavy atom. The van der Waals surface area contributed by atoms with Crippen molar-refractivity contribution in [3.63, 3.8) is 0 Å². The van der Waals surface area contributed by atoms with Crippen molar-refractivity contribution >= 4 is 29.1 Å². The van der Waals surface area contributed by atoms with Crippen LogP contribution in [0.4, 0.5) is 17.5 Å². The number of benzene rings is 1. The zero-order valence-electron chi connectivity index (χ0n) is 12.5. The van der Waals surface area contributed by atoms with Crippen LogP contribution in [0.1, 0.15) is 18.4 Å². The number of hydrogen-bond acceptors (Lipinski definition) is 5. The Morgan fingerprint density at radius 3 is 3.09 bits per heavy atom. The molecule has 3 rings (SSSR count). The van der Waals surface area contributed by atoms with Gasteiger partial charge in [-0.2, -0.15) is 4.98 Å². The van der Waals surface area contributed by atoms with Crippen molar-refractivity contribution in [2.75, 3.05) is 23.8 Å². The van der Waals surface area contributed by atoms with E-state index < -0.39 is 0 Å². The summed E-state index contributed by atoms with van der Waals surface area (Å²) >= 11 is 6.03. The smallest absolute Gasteiger partial charge is 0.229 e. The number of hydrogen-bond donors (Lipinski definition) is 2. The lowest BCUT2D eigenvalue weighted by molar-refractivity contribution is 0.120. The molecule has 1 fully saturated rings. The summed E-state index contributed by atoms with van der Waals surface area (Å²) < 4.78 is 5.59. The molecule has 1 aromatic carbocycles. The third kappa shape index (κ3) is 3.87. The van der Waals surface area contributed by atoms with E-state index in [4.69, 9.17) is 16.3 Å². The standard InChI is InChI=1S/C16H19ClN4O/c1-11-4-5-12(17)9-14(11)20-16-18-7-6-15(21-16)19-10-13-3-2-8-22-13/h4-7,9,13H,2-3,8,10H2,1H3,(H2,18,19,20,21). The van der Waals surface area contributed by atoms with Gasteiger partial charge in [0.15, 0.2) is 0 Å². The van der Waals surface area contributed by atoms with E-state index in [-0.39, 0.29) is 6.10 Å². The molecule has 6 heteroatoms. The molecule has 1 saturated heterocycles. The summed E-state index contributed by atoms with van der Waals surface area (Å²) in [5.41, 5.74) is 1.99. The number of halogens is 1. The van der Waals surface area contributed by atoms with E-state index in [0.29, 0.717) is 11.0 Å². The molecule has 1 unspecified atom stereocenters. The van der Waals surface area contributed by atoms with Crippen molar-refractivity contribution < 1.29 is 4.74 Å². The van der Waals surface area contributed by atoms with Gasteiger partial charge in [-0.1, -0.05) is 17.7 Å². The van der Waals surface area contributed by atoms with Gasteiger partial charge in [0.2, 0.25) is 5.95 Å². The van der Waals surface area contributed by atoms with E-state index in [1.807, 2.05) is 31.2 Å². The van der Waals surface area contributed by atoms with Crippen LogP contribution in [-0.2, 0) is 4.74 Å². The van der Waals surface area contributed by atoms with Crippen LogP contribution < -0.4 is 10.6 Å². The van der Waals surface area contributed by atoms with E-state index in [2.05, 4.69) is 20.6 Å². The summed E-state index contributed by atoms with van der Waals surface area (Å²) in [6, 6.07) is 7.55. The fraction of sp³-hybridized carbons (Fsp3) is 0.375. The summed E-state index contributed by atoms with van der Waals surface area (Å²) in [5.74, 6) is 1.33. The zero-order chi connectivity index (χ0) is 15.4. The average Bonchev–Trinajstić information content (AvgIpc) is 3.03. The van der Waals surface area contributed by atoms with Gasteiger partial charge in [0.05, 0.1) is 6.10 Å². The van der Waals surface area contributed by atoms with Crippen LogP contribution in [0.15, 0.2) is 30.5 Å². The maximum absolute atomic E-state index is 6.03. The molecule has 0 aliphatic carbocycles. The Labute approximate surface area is 135 Å². The first-order valence-corrected chi connectivity index (χ1v) is 7.80. The first-order valence-electron chi connectivity index (χ1n) is 7.42. The summed E-state index contributed by atoms with van der Waals surface area (Å²) in [6.07, 6.45) is 4.25. The van der Waals surface area contributed by atoms with Crippen LogP contribution in [0.5, 0.6) is 0 Å². The second kappa shape index (κ2) is 6.94. The number of rotatable bonds is 5. The highest BCUT2D eigenvalue weighted by Crippen LogP contribution is 2.23. The van der Waals surface area contributed by atoms with Crippen LogP contribution in [0.3, 0.4) is 0 Å². The molecule has 22 heavy (non-hydrogen) atoms.